The van der Waals surface area contributed by atoms with Gasteiger partial charge in [-0.15, -0.1) is 0 Å². The Labute approximate surface area is 179 Å². The minimum Gasteiger partial charge on any atom is -0.449 e. The van der Waals surface area contributed by atoms with Crippen molar-refractivity contribution in [1.82, 2.24) is 9.97 Å². The molecule has 0 unspecified atom stereocenters. The maximum absolute atomic E-state index is 12.4. The lowest BCUT2D eigenvalue weighted by Crippen LogP contribution is -2.30. The third-order valence-electron chi connectivity index (χ3n) is 4.24. The topological polar surface area (TPSA) is 127 Å². The monoisotopic (exact) mass is 440 g/mol. The predicted octanol–water partition coefficient (Wildman–Crippen LogP) is 2.77. The summed E-state index contributed by atoms with van der Waals surface area (Å²) >= 11 is 0. The Balaban J connectivity index is 1.62. The lowest BCUT2D eigenvalue weighted by Gasteiger charge is -2.14. The molecule has 3 aromatic rings. The smallest absolute Gasteiger partial charge is 0.339 e. The van der Waals surface area contributed by atoms with Crippen LogP contribution in [0.1, 0.15) is 22.8 Å². The molecule has 2 N–H and O–H groups in total. The van der Waals surface area contributed by atoms with Crippen molar-refractivity contribution < 1.29 is 22.7 Å². The van der Waals surface area contributed by atoms with Crippen molar-refractivity contribution in [2.75, 3.05) is 10.0 Å². The first-order valence-electron chi connectivity index (χ1n) is 9.23. The summed E-state index contributed by atoms with van der Waals surface area (Å²) < 4.78 is 32.3. The molecule has 0 saturated heterocycles. The normalized spacial score (nSPS) is 11.9. The van der Waals surface area contributed by atoms with Crippen LogP contribution in [0, 0.1) is 6.92 Å². The third kappa shape index (κ3) is 5.64. The van der Waals surface area contributed by atoms with Crippen LogP contribution < -0.4 is 10.0 Å². The fourth-order valence-corrected chi connectivity index (χ4v) is 3.53. The maximum Gasteiger partial charge on any atom is 0.339 e. The fraction of sp³-hybridized carbons (Fsp3) is 0.143. The molecule has 1 aromatic heterocycles. The Kier molecular flexibility index (Phi) is 6.61. The van der Waals surface area contributed by atoms with Gasteiger partial charge >= 0.3 is 5.97 Å². The number of aromatic nitrogens is 2. The maximum atomic E-state index is 12.4. The van der Waals surface area contributed by atoms with Gasteiger partial charge in [-0.05, 0) is 55.8 Å². The summed E-state index contributed by atoms with van der Waals surface area (Å²) in [6, 6.07) is 14.0. The number of carbonyl (C=O) groups excluding carboxylic acids is 2. The van der Waals surface area contributed by atoms with E-state index >= 15 is 0 Å². The van der Waals surface area contributed by atoms with E-state index in [-0.39, 0.29) is 10.8 Å². The Morgan fingerprint density at radius 3 is 2.26 bits per heavy atom. The van der Waals surface area contributed by atoms with Crippen LogP contribution in [0.15, 0.2) is 71.9 Å². The molecular weight excluding hydrogens is 420 g/mol. The van der Waals surface area contributed by atoms with Gasteiger partial charge in [-0.2, -0.15) is 0 Å². The molecule has 2 aromatic carbocycles. The van der Waals surface area contributed by atoms with Crippen molar-refractivity contribution in [3.63, 3.8) is 0 Å². The van der Waals surface area contributed by atoms with Crippen LogP contribution in [-0.4, -0.2) is 36.4 Å². The molecule has 10 heteroatoms. The largest absolute Gasteiger partial charge is 0.449 e. The van der Waals surface area contributed by atoms with Gasteiger partial charge in [0.1, 0.15) is 0 Å². The van der Waals surface area contributed by atoms with Gasteiger partial charge in [0.25, 0.3) is 15.9 Å². The Bertz CT molecular complexity index is 1180. The summed E-state index contributed by atoms with van der Waals surface area (Å²) in [5, 5.41) is 2.59. The second-order valence-electron chi connectivity index (χ2n) is 6.55. The molecule has 160 valence electrons. The minimum absolute atomic E-state index is 0.0306. The number of ether oxygens (including phenoxy) is 1. The number of hydrogen-bond donors (Lipinski definition) is 2. The van der Waals surface area contributed by atoms with Crippen molar-refractivity contribution in [2.24, 2.45) is 0 Å². The first-order valence-corrected chi connectivity index (χ1v) is 10.7. The lowest BCUT2D eigenvalue weighted by atomic mass is 10.1. The van der Waals surface area contributed by atoms with E-state index in [9.17, 15) is 18.0 Å². The molecule has 1 heterocycles. The van der Waals surface area contributed by atoms with Gasteiger partial charge in [0.15, 0.2) is 6.10 Å². The van der Waals surface area contributed by atoms with Crippen molar-refractivity contribution >= 4 is 33.5 Å². The molecule has 0 radical (unpaired) electrons. The molecule has 0 aliphatic carbocycles. The molecule has 9 nitrogen and oxygen atoms in total. The Morgan fingerprint density at radius 1 is 0.968 bits per heavy atom. The van der Waals surface area contributed by atoms with Crippen LogP contribution in [0.2, 0.25) is 0 Å². The van der Waals surface area contributed by atoms with Gasteiger partial charge < -0.3 is 10.1 Å². The summed E-state index contributed by atoms with van der Waals surface area (Å²) in [6.45, 7) is 3.23. The highest BCUT2D eigenvalue weighted by atomic mass is 32.2. The zero-order valence-corrected chi connectivity index (χ0v) is 17.6. The number of esters is 1. The second kappa shape index (κ2) is 9.35. The average Bonchev–Trinajstić information content (AvgIpc) is 2.74. The summed E-state index contributed by atoms with van der Waals surface area (Å²) in [5.41, 5.74) is 1.47. The van der Waals surface area contributed by atoms with Crippen LogP contribution in [0.3, 0.4) is 0 Å². The van der Waals surface area contributed by atoms with Crippen molar-refractivity contribution in [3.05, 3.63) is 78.1 Å². The highest BCUT2D eigenvalue weighted by molar-refractivity contribution is 7.92. The number of carbonyl (C=O) groups is 2. The van der Waals surface area contributed by atoms with Crippen LogP contribution >= 0.6 is 0 Å². The second-order valence-corrected chi connectivity index (χ2v) is 8.24. The first kappa shape index (κ1) is 21.9. The number of nitrogens with zero attached hydrogens (tertiary/aromatic N) is 2. The number of nitrogens with one attached hydrogen (secondary N) is 2. The number of hydrogen-bond acceptors (Lipinski definition) is 7. The summed E-state index contributed by atoms with van der Waals surface area (Å²) in [5.74, 6) is -1.20. The van der Waals surface area contributed by atoms with E-state index in [0.29, 0.717) is 11.3 Å². The number of benzene rings is 2. The Morgan fingerprint density at radius 2 is 1.61 bits per heavy atom. The van der Waals surface area contributed by atoms with Crippen molar-refractivity contribution in [2.45, 2.75) is 24.8 Å². The van der Waals surface area contributed by atoms with Crippen LogP contribution in [0.5, 0.6) is 0 Å². The number of sulfonamides is 1. The molecule has 0 aliphatic rings. The molecule has 0 saturated carbocycles. The molecule has 0 aliphatic heterocycles. The highest BCUT2D eigenvalue weighted by Gasteiger charge is 2.21. The average molecular weight is 440 g/mol. The van der Waals surface area contributed by atoms with Crippen LogP contribution in [0.25, 0.3) is 0 Å². The van der Waals surface area contributed by atoms with E-state index in [4.69, 9.17) is 4.74 Å². The van der Waals surface area contributed by atoms with E-state index in [1.807, 2.05) is 0 Å². The van der Waals surface area contributed by atoms with Crippen LogP contribution in [0.4, 0.5) is 11.6 Å². The Hall–Kier alpha value is -3.79. The minimum atomic E-state index is -3.88. The number of amides is 1. The molecule has 3 rings (SSSR count). The standard InChI is InChI=1S/C21H20N4O5S/c1-14-6-3-4-7-18(14)20(27)30-15(2)19(26)24-16-8-10-17(11-9-16)31(28,29)25-21-22-12-5-13-23-21/h3-13,15H,1-2H3,(H,24,26)(H,22,23,25)/t15-/m0/s1. The zero-order chi connectivity index (χ0) is 22.4. The molecule has 1 amide bonds. The van der Waals surface area contributed by atoms with E-state index in [2.05, 4.69) is 20.0 Å². The molecule has 31 heavy (non-hydrogen) atoms. The number of anilines is 2. The molecule has 0 bridgehead atoms. The van der Waals surface area contributed by atoms with Crippen LogP contribution in [-0.2, 0) is 19.6 Å². The van der Waals surface area contributed by atoms with Crippen molar-refractivity contribution in [1.29, 1.82) is 0 Å². The molecular formula is C21H20N4O5S. The van der Waals surface area contributed by atoms with Gasteiger partial charge in [-0.3, -0.25) is 4.79 Å². The van der Waals surface area contributed by atoms with Gasteiger partial charge in [0.05, 0.1) is 10.5 Å². The summed E-state index contributed by atoms with van der Waals surface area (Å²) in [7, 11) is -3.88. The molecule has 1 atom stereocenters. The predicted molar refractivity (Wildman–Crippen MR) is 114 cm³/mol. The highest BCUT2D eigenvalue weighted by Crippen LogP contribution is 2.17. The van der Waals surface area contributed by atoms with E-state index in [1.165, 1.54) is 43.6 Å². The molecule has 0 spiro atoms. The van der Waals surface area contributed by atoms with E-state index in [0.717, 1.165) is 5.56 Å². The number of aryl methyl sites for hydroxylation is 1. The summed E-state index contributed by atoms with van der Waals surface area (Å²) in [6.07, 6.45) is 1.78. The summed E-state index contributed by atoms with van der Waals surface area (Å²) in [4.78, 5) is 32.2. The fourth-order valence-electron chi connectivity index (χ4n) is 2.57. The van der Waals surface area contributed by atoms with Gasteiger partial charge in [-0.1, -0.05) is 18.2 Å². The van der Waals surface area contributed by atoms with E-state index < -0.39 is 28.0 Å². The third-order valence-corrected chi connectivity index (χ3v) is 5.59. The van der Waals surface area contributed by atoms with Crippen molar-refractivity contribution in [3.8, 4) is 0 Å². The zero-order valence-electron chi connectivity index (χ0n) is 16.8. The van der Waals surface area contributed by atoms with Gasteiger partial charge in [0, 0.05) is 18.1 Å². The quantitative estimate of drug-likeness (QED) is 0.541. The van der Waals surface area contributed by atoms with Gasteiger partial charge in [0.2, 0.25) is 5.95 Å². The SMILES string of the molecule is Cc1ccccc1C(=O)O[C@@H](C)C(=O)Nc1ccc(S(=O)(=O)Nc2ncccn2)cc1. The first-order chi connectivity index (χ1) is 14.8. The molecule has 0 fully saturated rings. The number of rotatable bonds is 7. The van der Waals surface area contributed by atoms with E-state index in [1.54, 1.807) is 37.3 Å². The van der Waals surface area contributed by atoms with Gasteiger partial charge in [-0.25, -0.2) is 27.9 Å². The lowest BCUT2D eigenvalue weighted by molar-refractivity contribution is -0.123.